The molecule has 2 atom stereocenters. The molecule has 2 heterocycles. The summed E-state index contributed by atoms with van der Waals surface area (Å²) in [5, 5.41) is 0. The maximum absolute atomic E-state index is 12.2. The molecule has 2 fully saturated rings. The van der Waals surface area contributed by atoms with Crippen molar-refractivity contribution >= 4 is 17.5 Å². The van der Waals surface area contributed by atoms with E-state index in [1.54, 1.807) is 0 Å². The maximum atomic E-state index is 12.2. The first-order valence-corrected chi connectivity index (χ1v) is 7.39. The van der Waals surface area contributed by atoms with E-state index in [-0.39, 0.29) is 18.1 Å². The fraction of sp³-hybridized carbons (Fsp3) is 0.923. The van der Waals surface area contributed by atoms with Crippen LogP contribution in [0.3, 0.4) is 0 Å². The molecule has 0 bridgehead atoms. The van der Waals surface area contributed by atoms with Gasteiger partial charge in [0.05, 0.1) is 25.4 Å². The smallest absolute Gasteiger partial charge is 0.223 e. The van der Waals surface area contributed by atoms with Gasteiger partial charge < -0.3 is 14.4 Å². The van der Waals surface area contributed by atoms with Crippen LogP contribution in [0.15, 0.2) is 0 Å². The highest BCUT2D eigenvalue weighted by Crippen LogP contribution is 2.18. The molecule has 0 saturated carbocycles. The average Bonchev–Trinajstić information content (AvgIpc) is 2.45. The van der Waals surface area contributed by atoms with Crippen LogP contribution in [-0.4, -0.2) is 55.2 Å². The Kier molecular flexibility index (Phi) is 5.73. The second kappa shape index (κ2) is 7.31. The summed E-state index contributed by atoms with van der Waals surface area (Å²) in [6.45, 7) is 2.71. The molecule has 2 unspecified atom stereocenters. The van der Waals surface area contributed by atoms with Crippen LogP contribution in [0.4, 0.5) is 0 Å². The number of hydrogen-bond donors (Lipinski definition) is 0. The van der Waals surface area contributed by atoms with Crippen molar-refractivity contribution in [1.82, 2.24) is 4.90 Å². The van der Waals surface area contributed by atoms with Gasteiger partial charge >= 0.3 is 0 Å². The van der Waals surface area contributed by atoms with E-state index in [9.17, 15) is 4.79 Å². The number of alkyl halides is 1. The number of morpholine rings is 1. The summed E-state index contributed by atoms with van der Waals surface area (Å²) in [7, 11) is 0. The van der Waals surface area contributed by atoms with E-state index in [4.69, 9.17) is 21.1 Å². The normalized spacial score (nSPS) is 29.3. The van der Waals surface area contributed by atoms with Gasteiger partial charge in [0.1, 0.15) is 0 Å². The van der Waals surface area contributed by atoms with Crippen molar-refractivity contribution in [1.29, 1.82) is 0 Å². The summed E-state index contributed by atoms with van der Waals surface area (Å²) in [6, 6.07) is 0.0418. The molecule has 2 rings (SSSR count). The molecule has 0 N–H and O–H groups in total. The van der Waals surface area contributed by atoms with Crippen molar-refractivity contribution in [2.24, 2.45) is 0 Å². The number of rotatable bonds is 4. The zero-order valence-corrected chi connectivity index (χ0v) is 11.5. The summed E-state index contributed by atoms with van der Waals surface area (Å²) in [5.41, 5.74) is 0. The predicted octanol–water partition coefficient (Wildman–Crippen LogP) is 1.80. The summed E-state index contributed by atoms with van der Waals surface area (Å²) in [5.74, 6) is 0.643. The topological polar surface area (TPSA) is 38.8 Å². The number of carbonyl (C=O) groups is 1. The molecular weight excluding hydrogens is 254 g/mol. The minimum absolute atomic E-state index is 0.0418. The zero-order valence-electron chi connectivity index (χ0n) is 10.8. The van der Waals surface area contributed by atoms with Crippen molar-refractivity contribution in [3.05, 3.63) is 0 Å². The van der Waals surface area contributed by atoms with Crippen LogP contribution >= 0.6 is 11.6 Å². The van der Waals surface area contributed by atoms with Crippen LogP contribution < -0.4 is 0 Å². The molecule has 0 radical (unpaired) electrons. The highest BCUT2D eigenvalue weighted by molar-refractivity contribution is 6.18. The number of ether oxygens (including phenoxy) is 2. The van der Waals surface area contributed by atoms with Gasteiger partial charge in [-0.25, -0.2) is 0 Å². The van der Waals surface area contributed by atoms with Gasteiger partial charge in [-0.3, -0.25) is 4.79 Å². The molecule has 4 nitrogen and oxygen atoms in total. The molecule has 1 amide bonds. The monoisotopic (exact) mass is 275 g/mol. The minimum Gasteiger partial charge on any atom is -0.378 e. The number of halogens is 1. The maximum Gasteiger partial charge on any atom is 0.223 e. The first-order chi connectivity index (χ1) is 8.81. The van der Waals surface area contributed by atoms with E-state index in [1.165, 1.54) is 6.42 Å². The molecule has 18 heavy (non-hydrogen) atoms. The molecule has 104 valence electrons. The Morgan fingerprint density at radius 1 is 1.33 bits per heavy atom. The third-order valence-electron chi connectivity index (χ3n) is 3.68. The third kappa shape index (κ3) is 3.84. The SMILES string of the molecule is O=C(CCC1CCCCO1)N1CCOCC1CCl. The van der Waals surface area contributed by atoms with Crippen molar-refractivity contribution in [3.8, 4) is 0 Å². The van der Waals surface area contributed by atoms with Crippen LogP contribution in [0.5, 0.6) is 0 Å². The largest absolute Gasteiger partial charge is 0.378 e. The lowest BCUT2D eigenvalue weighted by Gasteiger charge is -2.35. The molecule has 0 aromatic heterocycles. The van der Waals surface area contributed by atoms with E-state index in [2.05, 4.69) is 0 Å². The van der Waals surface area contributed by atoms with Gasteiger partial charge in [0, 0.05) is 25.5 Å². The van der Waals surface area contributed by atoms with Crippen LogP contribution in [0.1, 0.15) is 32.1 Å². The Labute approximate surface area is 114 Å². The molecule has 0 aliphatic carbocycles. The van der Waals surface area contributed by atoms with Crippen molar-refractivity contribution in [2.45, 2.75) is 44.2 Å². The van der Waals surface area contributed by atoms with Gasteiger partial charge in [-0.15, -0.1) is 11.6 Å². The van der Waals surface area contributed by atoms with E-state index in [0.717, 1.165) is 25.9 Å². The van der Waals surface area contributed by atoms with E-state index in [1.807, 2.05) is 4.90 Å². The van der Waals surface area contributed by atoms with Gasteiger partial charge in [0.25, 0.3) is 0 Å². The second-order valence-corrected chi connectivity index (χ2v) is 5.31. The molecule has 2 aliphatic heterocycles. The fourth-order valence-corrected chi connectivity index (χ4v) is 2.83. The Morgan fingerprint density at radius 3 is 2.94 bits per heavy atom. The second-order valence-electron chi connectivity index (χ2n) is 5.00. The molecular formula is C13H22ClNO3. The van der Waals surface area contributed by atoms with E-state index in [0.29, 0.717) is 32.1 Å². The molecule has 5 heteroatoms. The number of amides is 1. The summed E-state index contributed by atoms with van der Waals surface area (Å²) < 4.78 is 11.0. The lowest BCUT2D eigenvalue weighted by molar-refractivity contribution is -0.139. The average molecular weight is 276 g/mol. The van der Waals surface area contributed by atoms with Crippen molar-refractivity contribution in [3.63, 3.8) is 0 Å². The number of carbonyl (C=O) groups excluding carboxylic acids is 1. The van der Waals surface area contributed by atoms with Gasteiger partial charge in [0.2, 0.25) is 5.91 Å². The first kappa shape index (κ1) is 14.1. The van der Waals surface area contributed by atoms with Crippen LogP contribution in [-0.2, 0) is 14.3 Å². The van der Waals surface area contributed by atoms with Gasteiger partial charge in [0.15, 0.2) is 0 Å². The molecule has 0 aromatic rings. The first-order valence-electron chi connectivity index (χ1n) is 6.86. The van der Waals surface area contributed by atoms with Crippen molar-refractivity contribution < 1.29 is 14.3 Å². The molecule has 0 spiro atoms. The zero-order chi connectivity index (χ0) is 12.8. The summed E-state index contributed by atoms with van der Waals surface area (Å²) in [4.78, 5) is 14.0. The summed E-state index contributed by atoms with van der Waals surface area (Å²) >= 11 is 5.87. The Balaban J connectivity index is 1.75. The van der Waals surface area contributed by atoms with E-state index < -0.39 is 0 Å². The van der Waals surface area contributed by atoms with Gasteiger partial charge in [-0.2, -0.15) is 0 Å². The highest BCUT2D eigenvalue weighted by atomic mass is 35.5. The third-order valence-corrected chi connectivity index (χ3v) is 4.04. The number of hydrogen-bond acceptors (Lipinski definition) is 3. The standard InChI is InChI=1S/C13H22ClNO3/c14-9-11-10-17-8-6-15(11)13(16)5-4-12-3-1-2-7-18-12/h11-12H,1-10H2. The Hall–Kier alpha value is -0.320. The lowest BCUT2D eigenvalue weighted by atomic mass is 10.0. The summed E-state index contributed by atoms with van der Waals surface area (Å²) in [6.07, 6.45) is 5.15. The quantitative estimate of drug-likeness (QED) is 0.735. The molecule has 2 aliphatic rings. The molecule has 0 aromatic carbocycles. The van der Waals surface area contributed by atoms with Crippen LogP contribution in [0, 0.1) is 0 Å². The van der Waals surface area contributed by atoms with Gasteiger partial charge in [-0.05, 0) is 25.7 Å². The van der Waals surface area contributed by atoms with Crippen LogP contribution in [0.25, 0.3) is 0 Å². The fourth-order valence-electron chi connectivity index (χ4n) is 2.57. The highest BCUT2D eigenvalue weighted by Gasteiger charge is 2.27. The Morgan fingerprint density at radius 2 is 2.22 bits per heavy atom. The minimum atomic E-state index is 0.0418. The predicted molar refractivity (Wildman–Crippen MR) is 69.9 cm³/mol. The van der Waals surface area contributed by atoms with Crippen molar-refractivity contribution in [2.75, 3.05) is 32.2 Å². The van der Waals surface area contributed by atoms with Crippen LogP contribution in [0.2, 0.25) is 0 Å². The number of nitrogens with zero attached hydrogens (tertiary/aromatic N) is 1. The van der Waals surface area contributed by atoms with E-state index >= 15 is 0 Å². The van der Waals surface area contributed by atoms with Gasteiger partial charge in [-0.1, -0.05) is 0 Å². The molecule has 2 saturated heterocycles. The Bertz CT molecular complexity index is 269. The lowest BCUT2D eigenvalue weighted by Crippen LogP contribution is -2.49.